The maximum Gasteiger partial charge on any atom is 0.417 e. The van der Waals surface area contributed by atoms with Gasteiger partial charge in [0.25, 0.3) is 0 Å². The van der Waals surface area contributed by atoms with Gasteiger partial charge in [-0.25, -0.2) is 13.8 Å². The SMILES string of the molecule is Fc1ccc(CNc2ncccc2-c2cc[c]cc2C(F)(F)F)cc1F. The Morgan fingerprint density at radius 1 is 1.00 bits per heavy atom. The Bertz CT molecular complexity index is 922. The first-order valence-corrected chi connectivity index (χ1v) is 7.57. The largest absolute Gasteiger partial charge is 0.417 e. The predicted octanol–water partition coefficient (Wildman–Crippen LogP) is 5.46. The van der Waals surface area contributed by atoms with Crippen molar-refractivity contribution < 1.29 is 22.0 Å². The third-order valence-electron chi connectivity index (χ3n) is 3.71. The molecule has 0 aliphatic rings. The number of alkyl halides is 3. The molecule has 0 aliphatic heterocycles. The summed E-state index contributed by atoms with van der Waals surface area (Å²) >= 11 is 0. The fourth-order valence-electron chi connectivity index (χ4n) is 2.50. The van der Waals surface area contributed by atoms with Crippen LogP contribution in [-0.2, 0) is 12.7 Å². The summed E-state index contributed by atoms with van der Waals surface area (Å²) in [5.74, 6) is -1.76. The van der Waals surface area contributed by atoms with Gasteiger partial charge in [0, 0.05) is 18.3 Å². The number of rotatable bonds is 4. The lowest BCUT2D eigenvalue weighted by Crippen LogP contribution is -2.09. The molecule has 2 nitrogen and oxygen atoms in total. The Morgan fingerprint density at radius 3 is 2.54 bits per heavy atom. The molecule has 133 valence electrons. The van der Waals surface area contributed by atoms with Crippen LogP contribution in [0.15, 0.2) is 54.7 Å². The van der Waals surface area contributed by atoms with Gasteiger partial charge in [0.2, 0.25) is 0 Å². The number of nitrogens with one attached hydrogen (secondary N) is 1. The highest BCUT2D eigenvalue weighted by atomic mass is 19.4. The molecule has 1 aromatic heterocycles. The predicted molar refractivity (Wildman–Crippen MR) is 87.2 cm³/mol. The summed E-state index contributed by atoms with van der Waals surface area (Å²) in [5.41, 5.74) is -0.199. The van der Waals surface area contributed by atoms with Crippen LogP contribution in [0.25, 0.3) is 11.1 Å². The van der Waals surface area contributed by atoms with Crippen LogP contribution < -0.4 is 5.32 Å². The third kappa shape index (κ3) is 3.82. The quantitative estimate of drug-likeness (QED) is 0.623. The summed E-state index contributed by atoms with van der Waals surface area (Å²) in [6.45, 7) is 0.0710. The van der Waals surface area contributed by atoms with Crippen molar-refractivity contribution in [2.24, 2.45) is 0 Å². The Labute approximate surface area is 146 Å². The molecule has 26 heavy (non-hydrogen) atoms. The highest BCUT2D eigenvalue weighted by Crippen LogP contribution is 2.38. The molecule has 1 radical (unpaired) electrons. The maximum absolute atomic E-state index is 13.3. The topological polar surface area (TPSA) is 24.9 Å². The molecular formula is C19H12F5N2. The Hall–Kier alpha value is -2.96. The molecule has 0 unspecified atom stereocenters. The summed E-state index contributed by atoms with van der Waals surface area (Å²) in [6, 6.07) is 12.4. The van der Waals surface area contributed by atoms with Crippen LogP contribution in [0.4, 0.5) is 27.8 Å². The zero-order chi connectivity index (χ0) is 18.7. The second-order valence-electron chi connectivity index (χ2n) is 5.47. The second-order valence-corrected chi connectivity index (χ2v) is 5.47. The summed E-state index contributed by atoms with van der Waals surface area (Å²) in [5, 5.41) is 2.88. The zero-order valence-electron chi connectivity index (χ0n) is 13.2. The van der Waals surface area contributed by atoms with Crippen LogP contribution in [0.5, 0.6) is 0 Å². The first kappa shape index (κ1) is 17.8. The molecule has 3 aromatic rings. The number of nitrogens with zero attached hydrogens (tertiary/aromatic N) is 1. The van der Waals surface area contributed by atoms with E-state index in [4.69, 9.17) is 0 Å². The Kier molecular flexibility index (Phi) is 4.88. The number of pyridine rings is 1. The van der Waals surface area contributed by atoms with Gasteiger partial charge < -0.3 is 5.32 Å². The fraction of sp³-hybridized carbons (Fsp3) is 0.105. The highest BCUT2D eigenvalue weighted by molar-refractivity contribution is 5.77. The van der Waals surface area contributed by atoms with E-state index in [0.717, 1.165) is 18.2 Å². The van der Waals surface area contributed by atoms with Crippen molar-refractivity contribution in [3.05, 3.63) is 83.6 Å². The van der Waals surface area contributed by atoms with Crippen molar-refractivity contribution in [2.75, 3.05) is 5.32 Å². The van der Waals surface area contributed by atoms with E-state index >= 15 is 0 Å². The van der Waals surface area contributed by atoms with Gasteiger partial charge in [-0.1, -0.05) is 18.2 Å². The van der Waals surface area contributed by atoms with Gasteiger partial charge in [-0.15, -0.1) is 0 Å². The van der Waals surface area contributed by atoms with E-state index in [1.54, 1.807) is 0 Å². The van der Waals surface area contributed by atoms with E-state index in [-0.39, 0.29) is 23.5 Å². The van der Waals surface area contributed by atoms with E-state index in [2.05, 4.69) is 16.4 Å². The molecule has 0 fully saturated rings. The van der Waals surface area contributed by atoms with Gasteiger partial charge in [0.15, 0.2) is 11.6 Å². The van der Waals surface area contributed by atoms with E-state index < -0.39 is 23.4 Å². The third-order valence-corrected chi connectivity index (χ3v) is 3.71. The average molecular weight is 363 g/mol. The molecule has 0 bridgehead atoms. The van der Waals surface area contributed by atoms with Gasteiger partial charge in [0.1, 0.15) is 5.82 Å². The first-order valence-electron chi connectivity index (χ1n) is 7.57. The van der Waals surface area contributed by atoms with Crippen molar-refractivity contribution in [1.82, 2.24) is 4.98 Å². The van der Waals surface area contributed by atoms with E-state index in [1.807, 2.05) is 0 Å². The molecule has 0 atom stereocenters. The molecule has 0 spiro atoms. The summed E-state index contributed by atoms with van der Waals surface area (Å²) < 4.78 is 66.1. The minimum atomic E-state index is -4.54. The molecule has 2 aromatic carbocycles. The normalized spacial score (nSPS) is 11.4. The van der Waals surface area contributed by atoms with E-state index in [1.165, 1.54) is 36.5 Å². The molecule has 0 aliphatic carbocycles. The monoisotopic (exact) mass is 363 g/mol. The lowest BCUT2D eigenvalue weighted by atomic mass is 9.99. The lowest BCUT2D eigenvalue weighted by molar-refractivity contribution is -0.137. The van der Waals surface area contributed by atoms with Gasteiger partial charge in [-0.3, -0.25) is 0 Å². The molecule has 0 saturated carbocycles. The minimum absolute atomic E-state index is 0.0443. The zero-order valence-corrected chi connectivity index (χ0v) is 13.2. The van der Waals surface area contributed by atoms with Crippen molar-refractivity contribution in [3.8, 4) is 11.1 Å². The molecule has 0 saturated heterocycles. The highest BCUT2D eigenvalue weighted by Gasteiger charge is 2.33. The molecule has 0 amide bonds. The second kappa shape index (κ2) is 7.11. The van der Waals surface area contributed by atoms with Gasteiger partial charge >= 0.3 is 6.18 Å². The van der Waals surface area contributed by atoms with Crippen LogP contribution in [0.3, 0.4) is 0 Å². The van der Waals surface area contributed by atoms with Crippen LogP contribution in [-0.4, -0.2) is 4.98 Å². The van der Waals surface area contributed by atoms with Crippen molar-refractivity contribution in [1.29, 1.82) is 0 Å². The van der Waals surface area contributed by atoms with E-state index in [9.17, 15) is 22.0 Å². The molecule has 1 heterocycles. The summed E-state index contributed by atoms with van der Waals surface area (Å²) in [6.07, 6.45) is -3.11. The number of hydrogen-bond donors (Lipinski definition) is 1. The lowest BCUT2D eigenvalue weighted by Gasteiger charge is -2.16. The Balaban J connectivity index is 1.93. The smallest absolute Gasteiger partial charge is 0.365 e. The van der Waals surface area contributed by atoms with Crippen LogP contribution in [0.1, 0.15) is 11.1 Å². The van der Waals surface area contributed by atoms with Crippen molar-refractivity contribution in [3.63, 3.8) is 0 Å². The summed E-state index contributed by atoms with van der Waals surface area (Å²) in [4.78, 5) is 4.08. The standard InChI is InChI=1S/C19H12F5N2/c20-16-8-7-12(10-17(16)21)11-26-18-14(5-3-9-25-18)13-4-1-2-6-15(13)19(22,23)24/h1,3-10H,11H2,(H,25,26). The van der Waals surface area contributed by atoms with Gasteiger partial charge in [0.05, 0.1) is 5.56 Å². The van der Waals surface area contributed by atoms with Crippen LogP contribution in [0, 0.1) is 17.7 Å². The fourth-order valence-corrected chi connectivity index (χ4v) is 2.50. The number of halogens is 5. The van der Waals surface area contributed by atoms with Gasteiger partial charge in [-0.05, 0) is 47.5 Å². The number of anilines is 1. The summed E-state index contributed by atoms with van der Waals surface area (Å²) in [7, 11) is 0. The number of aromatic nitrogens is 1. The van der Waals surface area contributed by atoms with Crippen molar-refractivity contribution >= 4 is 5.82 Å². The number of hydrogen-bond acceptors (Lipinski definition) is 2. The van der Waals surface area contributed by atoms with Crippen molar-refractivity contribution in [2.45, 2.75) is 12.7 Å². The maximum atomic E-state index is 13.3. The molecular weight excluding hydrogens is 351 g/mol. The van der Waals surface area contributed by atoms with Crippen LogP contribution >= 0.6 is 0 Å². The van der Waals surface area contributed by atoms with Gasteiger partial charge in [-0.2, -0.15) is 13.2 Å². The molecule has 7 heteroatoms. The van der Waals surface area contributed by atoms with E-state index in [0.29, 0.717) is 5.56 Å². The van der Waals surface area contributed by atoms with Crippen LogP contribution in [0.2, 0.25) is 0 Å². The number of benzene rings is 2. The minimum Gasteiger partial charge on any atom is -0.365 e. The Morgan fingerprint density at radius 2 is 1.81 bits per heavy atom. The molecule has 3 rings (SSSR count). The molecule has 1 N–H and O–H groups in total. The average Bonchev–Trinajstić information content (AvgIpc) is 2.62. The first-order chi connectivity index (χ1) is 12.4.